The van der Waals surface area contributed by atoms with Crippen molar-refractivity contribution in [1.29, 1.82) is 0 Å². The normalized spacial score (nSPS) is 12.0. The van der Waals surface area contributed by atoms with Gasteiger partial charge in [-0.1, -0.05) is 0 Å². The predicted molar refractivity (Wildman–Crippen MR) is 38.7 cm³/mol. The minimum absolute atomic E-state index is 0.127. The lowest BCUT2D eigenvalue weighted by Gasteiger charge is -2.07. The molecule has 5 heteroatoms. The van der Waals surface area contributed by atoms with Crippen LogP contribution < -0.4 is 5.73 Å². The summed E-state index contributed by atoms with van der Waals surface area (Å²) in [7, 11) is 0. The first-order valence-corrected chi connectivity index (χ1v) is 3.52. The third-order valence-electron chi connectivity index (χ3n) is 1.39. The fraction of sp³-hybridized carbons (Fsp3) is 0.571. The molecule has 0 aliphatic rings. The average molecular weight is 176 g/mol. The van der Waals surface area contributed by atoms with E-state index in [1.807, 2.05) is 0 Å². The standard InChI is InChI=1S/C7H10F2N2O/c1-7(8,9)2-6-5(3-10)11-4-12-6/h4H,2-3,10H2,1H3. The lowest BCUT2D eigenvalue weighted by molar-refractivity contribution is 0.0173. The minimum Gasteiger partial charge on any atom is -0.448 e. The van der Waals surface area contributed by atoms with Crippen LogP contribution >= 0.6 is 0 Å². The Balaban J connectivity index is 2.75. The first-order valence-electron chi connectivity index (χ1n) is 3.52. The van der Waals surface area contributed by atoms with Gasteiger partial charge in [0, 0.05) is 6.54 Å². The highest BCUT2D eigenvalue weighted by Crippen LogP contribution is 2.20. The van der Waals surface area contributed by atoms with E-state index < -0.39 is 12.3 Å². The molecule has 0 saturated carbocycles. The molecule has 2 N–H and O–H groups in total. The number of hydrogen-bond acceptors (Lipinski definition) is 3. The van der Waals surface area contributed by atoms with E-state index in [1.165, 1.54) is 0 Å². The van der Waals surface area contributed by atoms with Crippen molar-refractivity contribution < 1.29 is 13.2 Å². The first-order chi connectivity index (χ1) is 5.53. The molecule has 1 rings (SSSR count). The first kappa shape index (κ1) is 9.12. The SMILES string of the molecule is CC(F)(F)Cc1ocnc1CN. The van der Waals surface area contributed by atoms with E-state index in [0.29, 0.717) is 5.69 Å². The van der Waals surface area contributed by atoms with Gasteiger partial charge in [0.2, 0.25) is 0 Å². The second kappa shape index (κ2) is 3.18. The van der Waals surface area contributed by atoms with Gasteiger partial charge >= 0.3 is 0 Å². The van der Waals surface area contributed by atoms with Crippen molar-refractivity contribution in [3.63, 3.8) is 0 Å². The van der Waals surface area contributed by atoms with Crippen molar-refractivity contribution in [3.05, 3.63) is 17.8 Å². The van der Waals surface area contributed by atoms with Gasteiger partial charge in [0.05, 0.1) is 12.1 Å². The molecule has 0 fully saturated rings. The number of nitrogens with zero attached hydrogens (tertiary/aromatic N) is 1. The lowest BCUT2D eigenvalue weighted by atomic mass is 10.2. The zero-order chi connectivity index (χ0) is 9.19. The van der Waals surface area contributed by atoms with Crippen molar-refractivity contribution >= 4 is 0 Å². The van der Waals surface area contributed by atoms with Crippen LogP contribution in [0.15, 0.2) is 10.8 Å². The molecular weight excluding hydrogens is 166 g/mol. The van der Waals surface area contributed by atoms with Gasteiger partial charge in [-0.2, -0.15) is 0 Å². The lowest BCUT2D eigenvalue weighted by Crippen LogP contribution is -2.15. The molecule has 3 nitrogen and oxygen atoms in total. The van der Waals surface area contributed by atoms with Crippen molar-refractivity contribution in [3.8, 4) is 0 Å². The molecule has 0 amide bonds. The molecule has 68 valence electrons. The second-order valence-corrected chi connectivity index (χ2v) is 2.67. The van der Waals surface area contributed by atoms with E-state index >= 15 is 0 Å². The van der Waals surface area contributed by atoms with E-state index in [1.54, 1.807) is 0 Å². The Morgan fingerprint density at radius 1 is 1.67 bits per heavy atom. The summed E-state index contributed by atoms with van der Waals surface area (Å²) in [4.78, 5) is 3.69. The highest BCUT2D eigenvalue weighted by molar-refractivity contribution is 5.08. The van der Waals surface area contributed by atoms with Crippen LogP contribution in [0.2, 0.25) is 0 Å². The van der Waals surface area contributed by atoms with Gasteiger partial charge in [0.1, 0.15) is 5.76 Å². The number of rotatable bonds is 3. The molecule has 0 aliphatic heterocycles. The molecule has 1 aromatic rings. The Bertz CT molecular complexity index is 254. The maximum absolute atomic E-state index is 12.5. The highest BCUT2D eigenvalue weighted by atomic mass is 19.3. The summed E-state index contributed by atoms with van der Waals surface area (Å²) < 4.78 is 29.7. The van der Waals surface area contributed by atoms with Crippen LogP contribution in [-0.4, -0.2) is 10.9 Å². The predicted octanol–water partition coefficient (Wildman–Crippen LogP) is 1.33. The summed E-state index contributed by atoms with van der Waals surface area (Å²) in [6.45, 7) is 0.956. The Labute approximate surface area is 68.6 Å². The van der Waals surface area contributed by atoms with E-state index in [2.05, 4.69) is 4.98 Å². The van der Waals surface area contributed by atoms with Gasteiger partial charge in [-0.15, -0.1) is 0 Å². The van der Waals surface area contributed by atoms with Crippen LogP contribution in [0.4, 0.5) is 8.78 Å². The maximum Gasteiger partial charge on any atom is 0.252 e. The largest absolute Gasteiger partial charge is 0.448 e. The Kier molecular flexibility index (Phi) is 2.42. The van der Waals surface area contributed by atoms with Gasteiger partial charge in [-0.3, -0.25) is 0 Å². The van der Waals surface area contributed by atoms with Crippen LogP contribution in [0.5, 0.6) is 0 Å². The fourth-order valence-corrected chi connectivity index (χ4v) is 0.886. The third-order valence-corrected chi connectivity index (χ3v) is 1.39. The number of aromatic nitrogens is 1. The summed E-state index contributed by atoms with van der Waals surface area (Å²) in [6.07, 6.45) is 0.683. The molecule has 0 atom stereocenters. The van der Waals surface area contributed by atoms with Crippen molar-refractivity contribution in [2.75, 3.05) is 0 Å². The quantitative estimate of drug-likeness (QED) is 0.755. The summed E-state index contributed by atoms with van der Waals surface area (Å²) in [5.74, 6) is -2.60. The Morgan fingerprint density at radius 2 is 2.33 bits per heavy atom. The van der Waals surface area contributed by atoms with Gasteiger partial charge in [-0.25, -0.2) is 13.8 Å². The molecule has 1 aromatic heterocycles. The number of halogens is 2. The molecular formula is C7H10F2N2O. The molecule has 0 spiro atoms. The monoisotopic (exact) mass is 176 g/mol. The second-order valence-electron chi connectivity index (χ2n) is 2.67. The van der Waals surface area contributed by atoms with Crippen LogP contribution in [0, 0.1) is 0 Å². The molecule has 0 saturated heterocycles. The number of hydrogen-bond donors (Lipinski definition) is 1. The van der Waals surface area contributed by atoms with Crippen molar-refractivity contribution in [2.24, 2.45) is 5.73 Å². The van der Waals surface area contributed by atoms with Gasteiger partial charge in [0.25, 0.3) is 5.92 Å². The molecule has 0 unspecified atom stereocenters. The number of nitrogens with two attached hydrogens (primary N) is 1. The van der Waals surface area contributed by atoms with Gasteiger partial charge in [-0.05, 0) is 6.92 Å². The molecule has 0 radical (unpaired) electrons. The average Bonchev–Trinajstić information content (AvgIpc) is 2.31. The molecule has 1 heterocycles. The number of alkyl halides is 2. The van der Waals surface area contributed by atoms with Gasteiger partial charge in [0.15, 0.2) is 6.39 Å². The summed E-state index contributed by atoms with van der Waals surface area (Å²) >= 11 is 0. The topological polar surface area (TPSA) is 52.0 Å². The van der Waals surface area contributed by atoms with E-state index in [4.69, 9.17) is 10.2 Å². The molecule has 12 heavy (non-hydrogen) atoms. The molecule has 0 aliphatic carbocycles. The smallest absolute Gasteiger partial charge is 0.252 e. The fourth-order valence-electron chi connectivity index (χ4n) is 0.886. The zero-order valence-corrected chi connectivity index (χ0v) is 6.68. The summed E-state index contributed by atoms with van der Waals surface area (Å²) in [5.41, 5.74) is 5.65. The van der Waals surface area contributed by atoms with Crippen LogP contribution in [0.25, 0.3) is 0 Å². The van der Waals surface area contributed by atoms with Gasteiger partial charge < -0.3 is 10.2 Å². The number of oxazole rings is 1. The summed E-state index contributed by atoms with van der Waals surface area (Å²) in [6, 6.07) is 0. The molecule has 0 bridgehead atoms. The zero-order valence-electron chi connectivity index (χ0n) is 6.68. The Morgan fingerprint density at radius 3 is 2.83 bits per heavy atom. The van der Waals surface area contributed by atoms with E-state index in [-0.39, 0.29) is 12.3 Å². The van der Waals surface area contributed by atoms with E-state index in [9.17, 15) is 8.78 Å². The minimum atomic E-state index is -2.77. The van der Waals surface area contributed by atoms with Crippen LogP contribution in [0.3, 0.4) is 0 Å². The Hall–Kier alpha value is -0.970. The molecule has 0 aromatic carbocycles. The summed E-state index contributed by atoms with van der Waals surface area (Å²) in [5, 5.41) is 0. The van der Waals surface area contributed by atoms with Crippen molar-refractivity contribution in [1.82, 2.24) is 4.98 Å². The van der Waals surface area contributed by atoms with Crippen LogP contribution in [-0.2, 0) is 13.0 Å². The maximum atomic E-state index is 12.5. The van der Waals surface area contributed by atoms with E-state index in [0.717, 1.165) is 13.3 Å². The van der Waals surface area contributed by atoms with Crippen molar-refractivity contribution in [2.45, 2.75) is 25.8 Å². The highest BCUT2D eigenvalue weighted by Gasteiger charge is 2.25. The third kappa shape index (κ3) is 2.27. The van der Waals surface area contributed by atoms with Crippen LogP contribution in [0.1, 0.15) is 18.4 Å².